The van der Waals surface area contributed by atoms with Gasteiger partial charge in [0.2, 0.25) is 0 Å². The molecule has 0 amide bonds. The number of carboxylic acid groups (broad SMARTS) is 1. The Balaban J connectivity index is 0. The van der Waals surface area contributed by atoms with E-state index in [0.29, 0.717) is 18.9 Å². The third-order valence-electron chi connectivity index (χ3n) is 2.27. The highest BCUT2D eigenvalue weighted by molar-refractivity contribution is 5.66. The van der Waals surface area contributed by atoms with Crippen molar-refractivity contribution in [3.05, 3.63) is 0 Å². The first-order valence-corrected chi connectivity index (χ1v) is 5.94. The fourth-order valence-corrected chi connectivity index (χ4v) is 1.13. The third-order valence-corrected chi connectivity index (χ3v) is 2.27. The first kappa shape index (κ1) is 16.8. The van der Waals surface area contributed by atoms with Crippen LogP contribution < -0.4 is 0 Å². The molecule has 1 unspecified atom stereocenters. The topological polar surface area (TPSA) is 57.5 Å². The average Bonchev–Trinajstić information content (AvgIpc) is 2.20. The Kier molecular flexibility index (Phi) is 15.1. The van der Waals surface area contributed by atoms with E-state index in [1.807, 2.05) is 6.92 Å². The summed E-state index contributed by atoms with van der Waals surface area (Å²) in [6.45, 7) is 6.53. The lowest BCUT2D eigenvalue weighted by molar-refractivity contribution is -0.137. The molecule has 0 aliphatic carbocycles. The van der Waals surface area contributed by atoms with Gasteiger partial charge in [0.1, 0.15) is 0 Å². The normalized spacial score (nSPS) is 11.5. The van der Waals surface area contributed by atoms with Gasteiger partial charge < -0.3 is 10.2 Å². The SMILES string of the molecule is CCCC(=O)O.CCCCC(CC)CO. The molecule has 0 fully saturated rings. The van der Waals surface area contributed by atoms with Gasteiger partial charge >= 0.3 is 5.97 Å². The van der Waals surface area contributed by atoms with Crippen LogP contribution in [0.4, 0.5) is 0 Å². The van der Waals surface area contributed by atoms with E-state index in [1.165, 1.54) is 19.3 Å². The van der Waals surface area contributed by atoms with Crippen molar-refractivity contribution >= 4 is 5.97 Å². The summed E-state index contributed by atoms with van der Waals surface area (Å²) in [5.41, 5.74) is 0. The summed E-state index contributed by atoms with van der Waals surface area (Å²) in [6, 6.07) is 0. The van der Waals surface area contributed by atoms with Crippen LogP contribution in [0.25, 0.3) is 0 Å². The van der Waals surface area contributed by atoms with E-state index in [4.69, 9.17) is 10.2 Å². The number of carbonyl (C=O) groups is 1. The molecule has 0 aliphatic heterocycles. The summed E-state index contributed by atoms with van der Waals surface area (Å²) in [4.78, 5) is 9.60. The molecule has 0 saturated carbocycles. The van der Waals surface area contributed by atoms with Crippen LogP contribution >= 0.6 is 0 Å². The average molecular weight is 218 g/mol. The molecule has 2 N–H and O–H groups in total. The second-order valence-electron chi connectivity index (χ2n) is 3.74. The molecule has 0 saturated heterocycles. The van der Waals surface area contributed by atoms with Crippen LogP contribution in [0.2, 0.25) is 0 Å². The molecule has 1 atom stereocenters. The molecule has 0 bridgehead atoms. The van der Waals surface area contributed by atoms with Crippen LogP contribution in [0.5, 0.6) is 0 Å². The molecule has 0 rings (SSSR count). The number of aliphatic hydroxyl groups excluding tert-OH is 1. The highest BCUT2D eigenvalue weighted by atomic mass is 16.4. The van der Waals surface area contributed by atoms with Crippen molar-refractivity contribution in [3.63, 3.8) is 0 Å². The van der Waals surface area contributed by atoms with Gasteiger partial charge in [0.05, 0.1) is 0 Å². The molecule has 92 valence electrons. The molecular formula is C12H26O3. The number of hydrogen-bond donors (Lipinski definition) is 2. The largest absolute Gasteiger partial charge is 0.481 e. The Hall–Kier alpha value is -0.570. The maximum absolute atomic E-state index is 9.60. The van der Waals surface area contributed by atoms with E-state index >= 15 is 0 Å². The highest BCUT2D eigenvalue weighted by Gasteiger charge is 2.01. The minimum Gasteiger partial charge on any atom is -0.481 e. The van der Waals surface area contributed by atoms with E-state index in [2.05, 4.69) is 13.8 Å². The van der Waals surface area contributed by atoms with Crippen molar-refractivity contribution < 1.29 is 15.0 Å². The molecule has 0 spiro atoms. The second-order valence-corrected chi connectivity index (χ2v) is 3.74. The number of rotatable bonds is 7. The van der Waals surface area contributed by atoms with Crippen LogP contribution in [-0.4, -0.2) is 22.8 Å². The monoisotopic (exact) mass is 218 g/mol. The minimum absolute atomic E-state index is 0.292. The van der Waals surface area contributed by atoms with Crippen molar-refractivity contribution in [1.29, 1.82) is 0 Å². The lowest BCUT2D eigenvalue weighted by Crippen LogP contribution is -2.03. The number of hydrogen-bond acceptors (Lipinski definition) is 2. The zero-order chi connectivity index (χ0) is 12.1. The number of aliphatic carboxylic acids is 1. The van der Waals surface area contributed by atoms with Crippen molar-refractivity contribution in [1.82, 2.24) is 0 Å². The molecule has 0 aromatic rings. The van der Waals surface area contributed by atoms with Gasteiger partial charge in [-0.05, 0) is 18.8 Å². The molecule has 15 heavy (non-hydrogen) atoms. The summed E-state index contributed by atoms with van der Waals surface area (Å²) in [5, 5.41) is 16.7. The Morgan fingerprint density at radius 3 is 2.00 bits per heavy atom. The Morgan fingerprint density at radius 2 is 1.80 bits per heavy atom. The van der Waals surface area contributed by atoms with Crippen LogP contribution in [0.1, 0.15) is 59.3 Å². The van der Waals surface area contributed by atoms with Crippen LogP contribution in [-0.2, 0) is 4.79 Å². The fraction of sp³-hybridized carbons (Fsp3) is 0.917. The predicted molar refractivity (Wildman–Crippen MR) is 62.9 cm³/mol. The van der Waals surface area contributed by atoms with Gasteiger partial charge in [-0.15, -0.1) is 0 Å². The molecule has 0 aromatic heterocycles. The minimum atomic E-state index is -0.711. The number of aliphatic hydroxyl groups is 1. The fourth-order valence-electron chi connectivity index (χ4n) is 1.13. The zero-order valence-corrected chi connectivity index (χ0v) is 10.3. The molecule has 0 radical (unpaired) electrons. The van der Waals surface area contributed by atoms with Gasteiger partial charge in [0.25, 0.3) is 0 Å². The molecule has 3 nitrogen and oxygen atoms in total. The summed E-state index contributed by atoms with van der Waals surface area (Å²) >= 11 is 0. The molecular weight excluding hydrogens is 192 g/mol. The van der Waals surface area contributed by atoms with E-state index in [9.17, 15) is 4.79 Å². The Labute approximate surface area is 93.5 Å². The van der Waals surface area contributed by atoms with Crippen LogP contribution in [0, 0.1) is 5.92 Å². The molecule has 0 heterocycles. The standard InChI is InChI=1S/C8H18O.C4H8O2/c1-3-5-6-8(4-2)7-9;1-2-3-4(5)6/h8-9H,3-7H2,1-2H3;2-3H2,1H3,(H,5,6). The van der Waals surface area contributed by atoms with E-state index in [-0.39, 0.29) is 0 Å². The lowest BCUT2D eigenvalue weighted by atomic mass is 10.0. The predicted octanol–water partition coefficient (Wildman–Crippen LogP) is 3.07. The third kappa shape index (κ3) is 16.1. The Bertz CT molecular complexity index is 131. The Morgan fingerprint density at radius 1 is 1.20 bits per heavy atom. The summed E-state index contributed by atoms with van der Waals surface area (Å²) in [7, 11) is 0. The van der Waals surface area contributed by atoms with Crippen LogP contribution in [0.15, 0.2) is 0 Å². The quantitative estimate of drug-likeness (QED) is 0.690. The number of unbranched alkanes of at least 4 members (excludes halogenated alkanes) is 1. The van der Waals surface area contributed by atoms with Crippen LogP contribution in [0.3, 0.4) is 0 Å². The van der Waals surface area contributed by atoms with Crippen molar-refractivity contribution in [3.8, 4) is 0 Å². The van der Waals surface area contributed by atoms with Gasteiger partial charge in [0.15, 0.2) is 0 Å². The van der Waals surface area contributed by atoms with E-state index in [1.54, 1.807) is 0 Å². The van der Waals surface area contributed by atoms with Gasteiger partial charge in [0, 0.05) is 13.0 Å². The zero-order valence-electron chi connectivity index (χ0n) is 10.3. The van der Waals surface area contributed by atoms with Crippen molar-refractivity contribution in [2.75, 3.05) is 6.61 Å². The van der Waals surface area contributed by atoms with Gasteiger partial charge in [-0.2, -0.15) is 0 Å². The lowest BCUT2D eigenvalue weighted by Gasteiger charge is -2.08. The van der Waals surface area contributed by atoms with Gasteiger partial charge in [-0.25, -0.2) is 0 Å². The van der Waals surface area contributed by atoms with E-state index < -0.39 is 5.97 Å². The first-order chi connectivity index (χ1) is 7.12. The first-order valence-electron chi connectivity index (χ1n) is 5.94. The number of carboxylic acids is 1. The smallest absolute Gasteiger partial charge is 0.303 e. The van der Waals surface area contributed by atoms with Gasteiger partial charge in [-0.3, -0.25) is 4.79 Å². The van der Waals surface area contributed by atoms with Crippen molar-refractivity contribution in [2.45, 2.75) is 59.3 Å². The summed E-state index contributed by atoms with van der Waals surface area (Å²) in [6.07, 6.45) is 5.85. The molecule has 0 aliphatic rings. The van der Waals surface area contributed by atoms with Gasteiger partial charge in [-0.1, -0.05) is 40.0 Å². The van der Waals surface area contributed by atoms with E-state index in [0.717, 1.165) is 12.8 Å². The van der Waals surface area contributed by atoms with Crippen molar-refractivity contribution in [2.24, 2.45) is 5.92 Å². The second kappa shape index (κ2) is 13.4. The maximum atomic E-state index is 9.60. The summed E-state index contributed by atoms with van der Waals surface area (Å²) < 4.78 is 0. The highest BCUT2D eigenvalue weighted by Crippen LogP contribution is 2.10. The summed E-state index contributed by atoms with van der Waals surface area (Å²) in [5.74, 6) is -0.151. The molecule has 0 aromatic carbocycles. The molecule has 3 heteroatoms. The maximum Gasteiger partial charge on any atom is 0.303 e.